The van der Waals surface area contributed by atoms with Crippen LogP contribution in [-0.4, -0.2) is 48.2 Å². The van der Waals surface area contributed by atoms with Crippen LogP contribution in [-0.2, 0) is 4.74 Å². The number of hydrogen-bond acceptors (Lipinski definition) is 1. The van der Waals surface area contributed by atoms with E-state index in [0.717, 1.165) is 0 Å². The van der Waals surface area contributed by atoms with Crippen molar-refractivity contribution in [1.29, 1.82) is 0 Å². The highest BCUT2D eigenvalue weighted by Gasteiger charge is 2.96. The molecule has 1 aliphatic carbocycles. The van der Waals surface area contributed by atoms with Crippen molar-refractivity contribution in [1.82, 2.24) is 0 Å². The molecule has 2 fully saturated rings. The van der Waals surface area contributed by atoms with Crippen LogP contribution >= 0.6 is 0 Å². The zero-order valence-corrected chi connectivity index (χ0v) is 9.96. The quantitative estimate of drug-likeness (QED) is 0.664. The first-order valence-corrected chi connectivity index (χ1v) is 5.72. The topological polar surface area (TPSA) is 9.23 Å². The molecule has 21 heavy (non-hydrogen) atoms. The van der Waals surface area contributed by atoms with E-state index in [4.69, 9.17) is 0 Å². The SMILES string of the molecule is FC1C(F)(F)C(F)(F)C(F)(F)C(F)(F)C1(F)C1CCCO1. The minimum Gasteiger partial charge on any atom is -0.375 e. The van der Waals surface area contributed by atoms with Gasteiger partial charge in [0.05, 0.1) is 0 Å². The molecule has 0 spiro atoms. The lowest BCUT2D eigenvalue weighted by atomic mass is 9.70. The van der Waals surface area contributed by atoms with Gasteiger partial charge in [0, 0.05) is 6.61 Å². The van der Waals surface area contributed by atoms with Gasteiger partial charge in [0.25, 0.3) is 0 Å². The molecule has 0 aromatic rings. The van der Waals surface area contributed by atoms with Crippen LogP contribution in [0.5, 0.6) is 0 Å². The minimum atomic E-state index is -6.78. The van der Waals surface area contributed by atoms with Crippen LogP contribution in [0.2, 0.25) is 0 Å². The van der Waals surface area contributed by atoms with Gasteiger partial charge in [0.2, 0.25) is 11.8 Å². The Morgan fingerprint density at radius 2 is 1.29 bits per heavy atom. The van der Waals surface area contributed by atoms with E-state index in [1.807, 2.05) is 0 Å². The molecule has 0 bridgehead atoms. The molecule has 3 atom stereocenters. The summed E-state index contributed by atoms with van der Waals surface area (Å²) < 4.78 is 137. The third-order valence-corrected chi connectivity index (χ3v) is 3.77. The summed E-state index contributed by atoms with van der Waals surface area (Å²) >= 11 is 0. The van der Waals surface area contributed by atoms with E-state index in [-0.39, 0.29) is 6.42 Å². The molecule has 124 valence electrons. The zero-order chi connectivity index (χ0) is 16.5. The molecule has 0 N–H and O–H groups in total. The predicted molar refractivity (Wildman–Crippen MR) is 47.5 cm³/mol. The molecule has 0 radical (unpaired) electrons. The lowest BCUT2D eigenvalue weighted by Crippen LogP contribution is -2.82. The minimum absolute atomic E-state index is 0.188. The van der Waals surface area contributed by atoms with Gasteiger partial charge in [0.15, 0.2) is 0 Å². The van der Waals surface area contributed by atoms with Crippen LogP contribution in [0.1, 0.15) is 12.8 Å². The third kappa shape index (κ3) is 1.58. The van der Waals surface area contributed by atoms with Crippen molar-refractivity contribution in [3.63, 3.8) is 0 Å². The Balaban J connectivity index is 2.66. The second kappa shape index (κ2) is 4.17. The fourth-order valence-corrected chi connectivity index (χ4v) is 2.50. The van der Waals surface area contributed by atoms with Crippen molar-refractivity contribution in [2.45, 2.75) is 54.5 Å². The third-order valence-electron chi connectivity index (χ3n) is 3.77. The highest BCUT2D eigenvalue weighted by atomic mass is 19.4. The maximum atomic E-state index is 14.2. The van der Waals surface area contributed by atoms with Gasteiger partial charge in [-0.1, -0.05) is 0 Å². The molecule has 2 rings (SSSR count). The Morgan fingerprint density at radius 1 is 0.762 bits per heavy atom. The van der Waals surface area contributed by atoms with E-state index in [9.17, 15) is 43.9 Å². The fraction of sp³-hybridized carbons (Fsp3) is 1.00. The standard InChI is InChI=1S/C10H8F10O/c11-5-6(12,4-2-1-3-21-4)8(15,16)10(19,20)9(17,18)7(5,13)14/h4-5H,1-3H2. The summed E-state index contributed by atoms with van der Waals surface area (Å²) in [6.07, 6.45) is -8.48. The van der Waals surface area contributed by atoms with Gasteiger partial charge < -0.3 is 4.74 Å². The maximum absolute atomic E-state index is 14.2. The summed E-state index contributed by atoms with van der Waals surface area (Å²) in [5.41, 5.74) is -5.27. The highest BCUT2D eigenvalue weighted by molar-refractivity contribution is 5.25. The van der Waals surface area contributed by atoms with Gasteiger partial charge in [-0.2, -0.15) is 35.1 Å². The molecule has 1 saturated heterocycles. The molecule has 2 aliphatic rings. The molecule has 1 heterocycles. The van der Waals surface area contributed by atoms with E-state index in [1.165, 1.54) is 0 Å². The second-order valence-corrected chi connectivity index (χ2v) is 4.98. The first-order chi connectivity index (χ1) is 9.26. The normalized spacial score (nSPS) is 43.7. The van der Waals surface area contributed by atoms with Gasteiger partial charge in [-0.05, 0) is 12.8 Å². The van der Waals surface area contributed by atoms with Crippen LogP contribution in [0.4, 0.5) is 43.9 Å². The summed E-state index contributed by atoms with van der Waals surface area (Å²) in [5.74, 6) is -26.2. The van der Waals surface area contributed by atoms with Gasteiger partial charge in [0.1, 0.15) is 6.10 Å². The van der Waals surface area contributed by atoms with E-state index in [2.05, 4.69) is 4.74 Å². The average Bonchev–Trinajstić information content (AvgIpc) is 2.88. The summed E-state index contributed by atoms with van der Waals surface area (Å²) in [7, 11) is 0. The van der Waals surface area contributed by atoms with E-state index < -0.39 is 54.7 Å². The molecule has 1 nitrogen and oxygen atoms in total. The van der Waals surface area contributed by atoms with E-state index >= 15 is 0 Å². The highest BCUT2D eigenvalue weighted by Crippen LogP contribution is 2.66. The van der Waals surface area contributed by atoms with Crippen molar-refractivity contribution >= 4 is 0 Å². The number of rotatable bonds is 1. The second-order valence-electron chi connectivity index (χ2n) is 4.98. The largest absolute Gasteiger partial charge is 0.381 e. The van der Waals surface area contributed by atoms with Gasteiger partial charge >= 0.3 is 23.7 Å². The lowest BCUT2D eigenvalue weighted by Gasteiger charge is -2.51. The number of ether oxygens (including phenoxy) is 1. The lowest BCUT2D eigenvalue weighted by molar-refractivity contribution is -0.450. The van der Waals surface area contributed by atoms with Gasteiger partial charge in [-0.25, -0.2) is 8.78 Å². The number of halogens is 10. The Hall–Kier alpha value is -0.740. The first-order valence-electron chi connectivity index (χ1n) is 5.72. The molecular weight excluding hydrogens is 326 g/mol. The molecule has 0 aromatic carbocycles. The van der Waals surface area contributed by atoms with Crippen LogP contribution in [0.25, 0.3) is 0 Å². The summed E-state index contributed by atoms with van der Waals surface area (Å²) in [6, 6.07) is 0. The molecule has 3 unspecified atom stereocenters. The molecule has 1 aliphatic heterocycles. The molecule has 0 amide bonds. The smallest absolute Gasteiger partial charge is 0.375 e. The van der Waals surface area contributed by atoms with Crippen LogP contribution in [0.3, 0.4) is 0 Å². The summed E-state index contributed by atoms with van der Waals surface area (Å²) in [5, 5.41) is 0. The van der Waals surface area contributed by atoms with Crippen molar-refractivity contribution in [3.8, 4) is 0 Å². The van der Waals surface area contributed by atoms with Gasteiger partial charge in [-0.15, -0.1) is 0 Å². The van der Waals surface area contributed by atoms with Crippen molar-refractivity contribution in [2.75, 3.05) is 6.61 Å². The van der Waals surface area contributed by atoms with Gasteiger partial charge in [-0.3, -0.25) is 0 Å². The maximum Gasteiger partial charge on any atom is 0.381 e. The van der Waals surface area contributed by atoms with Crippen LogP contribution in [0.15, 0.2) is 0 Å². The molecular formula is C10H8F10O. The number of hydrogen-bond donors (Lipinski definition) is 0. The Morgan fingerprint density at radius 3 is 1.71 bits per heavy atom. The monoisotopic (exact) mass is 334 g/mol. The Bertz CT molecular complexity index is 430. The van der Waals surface area contributed by atoms with Crippen LogP contribution in [0, 0.1) is 0 Å². The van der Waals surface area contributed by atoms with Crippen molar-refractivity contribution in [2.24, 2.45) is 0 Å². The van der Waals surface area contributed by atoms with Crippen molar-refractivity contribution in [3.05, 3.63) is 0 Å². The Labute approximate surface area is 111 Å². The van der Waals surface area contributed by atoms with Crippen LogP contribution < -0.4 is 0 Å². The fourth-order valence-electron chi connectivity index (χ4n) is 2.50. The predicted octanol–water partition coefficient (Wildman–Crippen LogP) is 3.77. The average molecular weight is 334 g/mol. The summed E-state index contributed by atoms with van der Waals surface area (Å²) in [4.78, 5) is 0. The summed E-state index contributed by atoms with van der Waals surface area (Å²) in [6.45, 7) is -0.466. The molecule has 1 saturated carbocycles. The van der Waals surface area contributed by atoms with E-state index in [1.54, 1.807) is 0 Å². The van der Waals surface area contributed by atoms with Crippen molar-refractivity contribution < 1.29 is 48.6 Å². The van der Waals surface area contributed by atoms with E-state index in [0.29, 0.717) is 0 Å². The zero-order valence-electron chi connectivity index (χ0n) is 9.96. The molecule has 11 heteroatoms. The first kappa shape index (κ1) is 16.6. The Kier molecular flexibility index (Phi) is 3.30. The molecule has 0 aromatic heterocycles. The number of alkyl halides is 10.